The number of esters is 1. The van der Waals surface area contributed by atoms with E-state index < -0.39 is 5.97 Å². The molecule has 0 atom stereocenters. The number of benzene rings is 2. The number of thiocarbonyl (C=S) groups is 1. The third-order valence-corrected chi connectivity index (χ3v) is 4.66. The topological polar surface area (TPSA) is 68.8 Å². The quantitative estimate of drug-likeness (QED) is 0.342. The minimum absolute atomic E-state index is 0.298. The van der Waals surface area contributed by atoms with Crippen molar-refractivity contribution in [3.05, 3.63) is 52.5 Å². The summed E-state index contributed by atoms with van der Waals surface area (Å²) in [5.41, 5.74) is 2.18. The molecule has 2 rings (SSSR count). The molecule has 0 aliphatic rings. The molecular formula is C21H25ClN2O4S. The second kappa shape index (κ2) is 11.5. The number of carbonyl (C=O) groups excluding carboxylic acids is 1. The summed E-state index contributed by atoms with van der Waals surface area (Å²) in [4.78, 5) is 11.8. The van der Waals surface area contributed by atoms with Crippen molar-refractivity contribution < 1.29 is 19.0 Å². The fourth-order valence-electron chi connectivity index (χ4n) is 2.67. The zero-order chi connectivity index (χ0) is 21.2. The van der Waals surface area contributed by atoms with Crippen molar-refractivity contribution >= 4 is 40.6 Å². The van der Waals surface area contributed by atoms with Crippen LogP contribution < -0.4 is 20.1 Å². The van der Waals surface area contributed by atoms with Crippen LogP contribution in [0.15, 0.2) is 36.4 Å². The minimum Gasteiger partial charge on any atom is -0.493 e. The van der Waals surface area contributed by atoms with Gasteiger partial charge in [0.2, 0.25) is 0 Å². The number of methoxy groups -OCH3 is 2. The average molecular weight is 437 g/mol. The van der Waals surface area contributed by atoms with Gasteiger partial charge < -0.3 is 24.8 Å². The number of hydrogen-bond donors (Lipinski definition) is 2. The second-order valence-corrected chi connectivity index (χ2v) is 6.90. The Kier molecular flexibility index (Phi) is 9.02. The van der Waals surface area contributed by atoms with Gasteiger partial charge in [0.1, 0.15) is 0 Å². The number of nitrogens with one attached hydrogen (secondary N) is 2. The van der Waals surface area contributed by atoms with Gasteiger partial charge in [-0.15, -0.1) is 0 Å². The summed E-state index contributed by atoms with van der Waals surface area (Å²) in [6.45, 7) is 2.75. The maximum absolute atomic E-state index is 11.8. The highest BCUT2D eigenvalue weighted by molar-refractivity contribution is 7.80. The summed E-state index contributed by atoms with van der Waals surface area (Å²) in [6.07, 6.45) is 1.76. The van der Waals surface area contributed by atoms with Gasteiger partial charge in [-0.25, -0.2) is 4.79 Å². The monoisotopic (exact) mass is 436 g/mol. The number of rotatable bonds is 9. The molecule has 0 fully saturated rings. The van der Waals surface area contributed by atoms with Crippen molar-refractivity contribution in [2.75, 3.05) is 32.7 Å². The van der Waals surface area contributed by atoms with E-state index in [4.69, 9.17) is 38.0 Å². The molecule has 2 aromatic rings. The van der Waals surface area contributed by atoms with Crippen LogP contribution in [-0.2, 0) is 11.2 Å². The Bertz CT molecular complexity index is 861. The second-order valence-electron chi connectivity index (χ2n) is 6.09. The smallest absolute Gasteiger partial charge is 0.339 e. The summed E-state index contributed by atoms with van der Waals surface area (Å²) < 4.78 is 15.5. The normalized spacial score (nSPS) is 10.2. The van der Waals surface area contributed by atoms with Crippen LogP contribution in [0.25, 0.3) is 0 Å². The molecule has 0 spiro atoms. The van der Waals surface area contributed by atoms with Crippen LogP contribution in [0.4, 0.5) is 5.69 Å². The Balaban J connectivity index is 1.80. The van der Waals surface area contributed by atoms with Crippen LogP contribution in [0.1, 0.15) is 29.3 Å². The van der Waals surface area contributed by atoms with E-state index in [9.17, 15) is 4.79 Å². The molecule has 0 unspecified atom stereocenters. The fourth-order valence-corrected chi connectivity index (χ4v) is 3.15. The van der Waals surface area contributed by atoms with E-state index in [-0.39, 0.29) is 0 Å². The zero-order valence-electron chi connectivity index (χ0n) is 16.7. The molecule has 0 saturated carbocycles. The van der Waals surface area contributed by atoms with Crippen LogP contribution in [-0.4, -0.2) is 38.5 Å². The summed E-state index contributed by atoms with van der Waals surface area (Å²) in [5, 5.41) is 7.01. The van der Waals surface area contributed by atoms with Gasteiger partial charge in [0.05, 0.1) is 31.4 Å². The number of carbonyl (C=O) groups is 1. The SMILES string of the molecule is CCOC(=O)c1ccc(NC(=S)NCCCc2ccc(OC)c(OC)c2)cc1Cl. The third kappa shape index (κ3) is 6.80. The summed E-state index contributed by atoms with van der Waals surface area (Å²) >= 11 is 11.5. The summed E-state index contributed by atoms with van der Waals surface area (Å²) in [5.74, 6) is 0.991. The number of halogens is 1. The van der Waals surface area contributed by atoms with Gasteiger partial charge in [0.15, 0.2) is 16.6 Å². The highest BCUT2D eigenvalue weighted by Gasteiger charge is 2.12. The van der Waals surface area contributed by atoms with Crippen LogP contribution in [0.5, 0.6) is 11.5 Å². The molecule has 8 heteroatoms. The van der Waals surface area contributed by atoms with E-state index in [0.29, 0.717) is 40.3 Å². The number of ether oxygens (including phenoxy) is 3. The van der Waals surface area contributed by atoms with E-state index in [1.165, 1.54) is 0 Å². The molecule has 0 amide bonds. The first-order valence-corrected chi connectivity index (χ1v) is 9.99. The molecule has 0 aromatic heterocycles. The molecule has 0 aliphatic carbocycles. The standard InChI is InChI=1S/C21H25ClN2O4S/c1-4-28-20(25)16-9-8-15(13-17(16)22)24-21(29)23-11-5-6-14-7-10-18(26-2)19(12-14)27-3/h7-10,12-13H,4-6,11H2,1-3H3,(H2,23,24,29). The molecule has 0 bridgehead atoms. The lowest BCUT2D eigenvalue weighted by Gasteiger charge is -2.12. The van der Waals surface area contributed by atoms with Gasteiger partial charge >= 0.3 is 5.97 Å². The van der Waals surface area contributed by atoms with Crippen molar-refractivity contribution in [1.82, 2.24) is 5.32 Å². The van der Waals surface area contributed by atoms with Crippen molar-refractivity contribution in [2.45, 2.75) is 19.8 Å². The first-order valence-electron chi connectivity index (χ1n) is 9.21. The van der Waals surface area contributed by atoms with Gasteiger partial charge in [-0.3, -0.25) is 0 Å². The van der Waals surface area contributed by atoms with Gasteiger partial charge in [-0.05, 0) is 67.9 Å². The molecule has 29 heavy (non-hydrogen) atoms. The lowest BCUT2D eigenvalue weighted by molar-refractivity contribution is 0.0526. The predicted molar refractivity (Wildman–Crippen MR) is 119 cm³/mol. The minimum atomic E-state index is -0.445. The summed E-state index contributed by atoms with van der Waals surface area (Å²) in [7, 11) is 3.24. The van der Waals surface area contributed by atoms with Crippen molar-refractivity contribution in [2.24, 2.45) is 0 Å². The molecule has 156 valence electrons. The predicted octanol–water partition coefficient (Wildman–Crippen LogP) is 4.45. The molecule has 2 aromatic carbocycles. The molecule has 0 saturated heterocycles. The van der Waals surface area contributed by atoms with Crippen molar-refractivity contribution in [1.29, 1.82) is 0 Å². The molecule has 0 aliphatic heterocycles. The molecule has 0 radical (unpaired) electrons. The van der Waals surface area contributed by atoms with Crippen molar-refractivity contribution in [3.8, 4) is 11.5 Å². The number of anilines is 1. The lowest BCUT2D eigenvalue weighted by atomic mass is 10.1. The highest BCUT2D eigenvalue weighted by Crippen LogP contribution is 2.28. The number of aryl methyl sites for hydroxylation is 1. The first-order chi connectivity index (χ1) is 14.0. The summed E-state index contributed by atoms with van der Waals surface area (Å²) in [6, 6.07) is 10.9. The van der Waals surface area contributed by atoms with Gasteiger partial charge in [0, 0.05) is 12.2 Å². The Morgan fingerprint density at radius 1 is 1.10 bits per heavy atom. The van der Waals surface area contributed by atoms with E-state index in [1.807, 2.05) is 18.2 Å². The largest absolute Gasteiger partial charge is 0.493 e. The number of hydrogen-bond acceptors (Lipinski definition) is 5. The van der Waals surface area contributed by atoms with E-state index in [1.54, 1.807) is 39.3 Å². The molecule has 6 nitrogen and oxygen atoms in total. The van der Waals surface area contributed by atoms with Gasteiger partial charge in [-0.1, -0.05) is 17.7 Å². The van der Waals surface area contributed by atoms with Gasteiger partial charge in [-0.2, -0.15) is 0 Å². The lowest BCUT2D eigenvalue weighted by Crippen LogP contribution is -2.29. The fraction of sp³-hybridized carbons (Fsp3) is 0.333. The van der Waals surface area contributed by atoms with Gasteiger partial charge in [0.25, 0.3) is 0 Å². The average Bonchev–Trinajstić information content (AvgIpc) is 2.71. The first kappa shape index (κ1) is 22.8. The molecule has 2 N–H and O–H groups in total. The van der Waals surface area contributed by atoms with Crippen LogP contribution in [0.2, 0.25) is 5.02 Å². The molecule has 0 heterocycles. The Morgan fingerprint density at radius 3 is 2.52 bits per heavy atom. The van der Waals surface area contributed by atoms with Crippen molar-refractivity contribution in [3.63, 3.8) is 0 Å². The zero-order valence-corrected chi connectivity index (χ0v) is 18.3. The van der Waals surface area contributed by atoms with E-state index in [0.717, 1.165) is 24.2 Å². The van der Waals surface area contributed by atoms with Crippen LogP contribution in [0.3, 0.4) is 0 Å². The van der Waals surface area contributed by atoms with Crippen LogP contribution in [0, 0.1) is 0 Å². The molecular weight excluding hydrogens is 412 g/mol. The van der Waals surface area contributed by atoms with E-state index in [2.05, 4.69) is 10.6 Å². The Morgan fingerprint density at radius 2 is 1.86 bits per heavy atom. The maximum Gasteiger partial charge on any atom is 0.339 e. The Hall–Kier alpha value is -2.51. The Labute approximate surface area is 181 Å². The maximum atomic E-state index is 11.8. The van der Waals surface area contributed by atoms with E-state index >= 15 is 0 Å². The highest BCUT2D eigenvalue weighted by atomic mass is 35.5. The van der Waals surface area contributed by atoms with Crippen LogP contribution >= 0.6 is 23.8 Å². The third-order valence-electron chi connectivity index (χ3n) is 4.10.